The maximum atomic E-state index is 11.9. The van der Waals surface area contributed by atoms with Crippen molar-refractivity contribution in [2.75, 3.05) is 20.2 Å². The van der Waals surface area contributed by atoms with E-state index in [4.69, 9.17) is 9.47 Å². The van der Waals surface area contributed by atoms with Crippen molar-refractivity contribution >= 4 is 18.0 Å². The molecule has 0 spiro atoms. The van der Waals surface area contributed by atoms with Gasteiger partial charge in [-0.15, -0.1) is 0 Å². The molecule has 23 heavy (non-hydrogen) atoms. The van der Waals surface area contributed by atoms with Crippen molar-refractivity contribution in [1.82, 2.24) is 10.2 Å². The molecule has 0 unspecified atom stereocenters. The first-order valence-electron chi connectivity index (χ1n) is 7.32. The van der Waals surface area contributed by atoms with Gasteiger partial charge in [-0.3, -0.25) is 14.5 Å². The third-order valence-electron chi connectivity index (χ3n) is 3.17. The van der Waals surface area contributed by atoms with Crippen LogP contribution in [0.3, 0.4) is 0 Å². The van der Waals surface area contributed by atoms with Gasteiger partial charge in [-0.05, 0) is 19.4 Å². The zero-order valence-corrected chi connectivity index (χ0v) is 13.6. The minimum atomic E-state index is -0.771. The van der Waals surface area contributed by atoms with Crippen LogP contribution in [0.5, 0.6) is 0 Å². The fourth-order valence-electron chi connectivity index (χ4n) is 1.67. The van der Waals surface area contributed by atoms with Gasteiger partial charge in [0.1, 0.15) is 19.2 Å². The molecule has 0 radical (unpaired) electrons. The lowest BCUT2D eigenvalue weighted by Crippen LogP contribution is -2.47. The normalized spacial score (nSPS) is 11.3. The van der Waals surface area contributed by atoms with Crippen LogP contribution in [0, 0.1) is 0 Å². The zero-order chi connectivity index (χ0) is 17.2. The Kier molecular flexibility index (Phi) is 7.59. The molecule has 1 atom stereocenters. The van der Waals surface area contributed by atoms with E-state index >= 15 is 0 Å². The maximum absolute atomic E-state index is 11.9. The quantitative estimate of drug-likeness (QED) is 0.765. The number of amides is 2. The SMILES string of the molecule is CCOC(=O)CNC(=O)[C@H](C)N(C)C(=O)OCc1ccccc1. The second kappa shape index (κ2) is 9.45. The number of esters is 1. The number of carbonyl (C=O) groups excluding carboxylic acids is 3. The first kappa shape index (κ1) is 18.5. The molecule has 126 valence electrons. The van der Waals surface area contributed by atoms with Gasteiger partial charge in [0.15, 0.2) is 0 Å². The molecular weight excluding hydrogens is 300 g/mol. The van der Waals surface area contributed by atoms with Crippen LogP contribution < -0.4 is 5.32 Å². The number of hydrogen-bond donors (Lipinski definition) is 1. The highest BCUT2D eigenvalue weighted by molar-refractivity contribution is 5.87. The summed E-state index contributed by atoms with van der Waals surface area (Å²) < 4.78 is 9.85. The second-order valence-corrected chi connectivity index (χ2v) is 4.85. The van der Waals surface area contributed by atoms with E-state index in [-0.39, 0.29) is 19.8 Å². The summed E-state index contributed by atoms with van der Waals surface area (Å²) in [5.41, 5.74) is 0.855. The third-order valence-corrected chi connectivity index (χ3v) is 3.17. The predicted molar refractivity (Wildman–Crippen MR) is 83.5 cm³/mol. The van der Waals surface area contributed by atoms with Crippen molar-refractivity contribution in [2.24, 2.45) is 0 Å². The van der Waals surface area contributed by atoms with Crippen LogP contribution in [-0.2, 0) is 25.7 Å². The van der Waals surface area contributed by atoms with E-state index in [9.17, 15) is 14.4 Å². The lowest BCUT2D eigenvalue weighted by molar-refractivity contribution is -0.143. The van der Waals surface area contributed by atoms with Crippen molar-refractivity contribution < 1.29 is 23.9 Å². The van der Waals surface area contributed by atoms with Crippen molar-refractivity contribution in [3.8, 4) is 0 Å². The van der Waals surface area contributed by atoms with Crippen LogP contribution in [0.25, 0.3) is 0 Å². The summed E-state index contributed by atoms with van der Waals surface area (Å²) in [7, 11) is 1.46. The Hall–Kier alpha value is -2.57. The molecular formula is C16H22N2O5. The lowest BCUT2D eigenvalue weighted by atomic mass is 10.2. The molecule has 0 saturated heterocycles. The van der Waals surface area contributed by atoms with Crippen LogP contribution >= 0.6 is 0 Å². The summed E-state index contributed by atoms with van der Waals surface area (Å²) in [5, 5.41) is 2.41. The minimum Gasteiger partial charge on any atom is -0.465 e. The Labute approximate surface area is 135 Å². The van der Waals surface area contributed by atoms with Crippen LogP contribution in [0.4, 0.5) is 4.79 Å². The fraction of sp³-hybridized carbons (Fsp3) is 0.438. The van der Waals surface area contributed by atoms with Gasteiger partial charge >= 0.3 is 12.1 Å². The van der Waals surface area contributed by atoms with Crippen LogP contribution in [0.15, 0.2) is 30.3 Å². The number of carbonyl (C=O) groups is 3. The van der Waals surface area contributed by atoms with Gasteiger partial charge in [0, 0.05) is 7.05 Å². The molecule has 7 heteroatoms. The monoisotopic (exact) mass is 322 g/mol. The molecule has 7 nitrogen and oxygen atoms in total. The average molecular weight is 322 g/mol. The molecule has 1 N–H and O–H groups in total. The lowest BCUT2D eigenvalue weighted by Gasteiger charge is -2.23. The highest BCUT2D eigenvalue weighted by Crippen LogP contribution is 2.04. The van der Waals surface area contributed by atoms with Gasteiger partial charge in [-0.2, -0.15) is 0 Å². The first-order chi connectivity index (χ1) is 11.0. The van der Waals surface area contributed by atoms with E-state index < -0.39 is 24.0 Å². The average Bonchev–Trinajstić information content (AvgIpc) is 2.57. The Bertz CT molecular complexity index is 533. The Balaban J connectivity index is 2.41. The van der Waals surface area contributed by atoms with E-state index in [1.54, 1.807) is 13.8 Å². The smallest absolute Gasteiger partial charge is 0.410 e. The fourth-order valence-corrected chi connectivity index (χ4v) is 1.67. The molecule has 0 heterocycles. The zero-order valence-electron chi connectivity index (χ0n) is 13.6. The van der Waals surface area contributed by atoms with E-state index in [1.165, 1.54) is 11.9 Å². The molecule has 1 aromatic rings. The molecule has 0 aromatic heterocycles. The standard InChI is InChI=1S/C16H22N2O5/c1-4-22-14(19)10-17-15(20)12(2)18(3)16(21)23-11-13-8-6-5-7-9-13/h5-9,12H,4,10-11H2,1-3H3,(H,17,20)/t12-/m0/s1. The molecule has 1 aromatic carbocycles. The highest BCUT2D eigenvalue weighted by atomic mass is 16.6. The van der Waals surface area contributed by atoms with Gasteiger partial charge in [0.2, 0.25) is 5.91 Å². The van der Waals surface area contributed by atoms with E-state index in [0.29, 0.717) is 0 Å². The molecule has 2 amide bonds. The summed E-state index contributed by atoms with van der Waals surface area (Å²) in [6, 6.07) is 8.46. The molecule has 0 aliphatic rings. The first-order valence-corrected chi connectivity index (χ1v) is 7.32. The van der Waals surface area contributed by atoms with Crippen LogP contribution in [0.2, 0.25) is 0 Å². The second-order valence-electron chi connectivity index (χ2n) is 4.85. The number of benzene rings is 1. The van der Waals surface area contributed by atoms with Gasteiger partial charge in [0.05, 0.1) is 6.61 Å². The van der Waals surface area contributed by atoms with Crippen LogP contribution in [-0.4, -0.2) is 49.1 Å². The third kappa shape index (κ3) is 6.37. The van der Waals surface area contributed by atoms with Crippen molar-refractivity contribution in [3.63, 3.8) is 0 Å². The van der Waals surface area contributed by atoms with E-state index in [1.807, 2.05) is 30.3 Å². The van der Waals surface area contributed by atoms with E-state index in [2.05, 4.69) is 5.32 Å². The molecule has 0 saturated carbocycles. The summed E-state index contributed by atoms with van der Waals surface area (Å²) in [4.78, 5) is 36.2. The van der Waals surface area contributed by atoms with Crippen LogP contribution in [0.1, 0.15) is 19.4 Å². The molecule has 0 aliphatic heterocycles. The Morgan fingerprint density at radius 3 is 2.43 bits per heavy atom. The topological polar surface area (TPSA) is 84.9 Å². The number of likely N-dealkylation sites (N-methyl/N-ethyl adjacent to an activating group) is 1. The number of nitrogens with zero attached hydrogens (tertiary/aromatic N) is 1. The molecule has 0 bridgehead atoms. The predicted octanol–water partition coefficient (Wildman–Crippen LogP) is 1.32. The molecule has 0 aliphatic carbocycles. The highest BCUT2D eigenvalue weighted by Gasteiger charge is 2.23. The summed E-state index contributed by atoms with van der Waals surface area (Å²) in [5.74, 6) is -0.987. The Morgan fingerprint density at radius 1 is 1.17 bits per heavy atom. The molecule has 1 rings (SSSR count). The summed E-state index contributed by atoms with van der Waals surface area (Å²) in [6.07, 6.45) is -0.618. The largest absolute Gasteiger partial charge is 0.465 e. The summed E-state index contributed by atoms with van der Waals surface area (Å²) in [6.45, 7) is 3.37. The maximum Gasteiger partial charge on any atom is 0.410 e. The van der Waals surface area contributed by atoms with Crippen molar-refractivity contribution in [2.45, 2.75) is 26.5 Å². The Morgan fingerprint density at radius 2 is 1.83 bits per heavy atom. The summed E-state index contributed by atoms with van der Waals surface area (Å²) >= 11 is 0. The number of nitrogens with one attached hydrogen (secondary N) is 1. The van der Waals surface area contributed by atoms with Crippen molar-refractivity contribution in [1.29, 1.82) is 0 Å². The van der Waals surface area contributed by atoms with Gasteiger partial charge in [-0.1, -0.05) is 30.3 Å². The molecule has 0 fully saturated rings. The van der Waals surface area contributed by atoms with Gasteiger partial charge < -0.3 is 14.8 Å². The number of rotatable bonds is 7. The van der Waals surface area contributed by atoms with Gasteiger partial charge in [-0.25, -0.2) is 4.79 Å². The van der Waals surface area contributed by atoms with E-state index in [0.717, 1.165) is 5.56 Å². The minimum absolute atomic E-state index is 0.126. The number of ether oxygens (including phenoxy) is 2. The van der Waals surface area contributed by atoms with Gasteiger partial charge in [0.25, 0.3) is 0 Å². The number of hydrogen-bond acceptors (Lipinski definition) is 5. The van der Waals surface area contributed by atoms with Crippen molar-refractivity contribution in [3.05, 3.63) is 35.9 Å².